The van der Waals surface area contributed by atoms with E-state index in [0.29, 0.717) is 18.5 Å². The number of carbonyl (C=O) groups is 6. The first kappa shape index (κ1) is 40.1. The molecule has 8 atom stereocenters. The molecule has 2 aromatic rings. The van der Waals surface area contributed by atoms with Crippen molar-refractivity contribution < 1.29 is 39.0 Å². The van der Waals surface area contributed by atoms with E-state index in [0.717, 1.165) is 6.29 Å². The molecule has 0 radical (unpaired) electrons. The van der Waals surface area contributed by atoms with Gasteiger partial charge in [-0.05, 0) is 56.0 Å². The van der Waals surface area contributed by atoms with E-state index in [-0.39, 0.29) is 36.2 Å². The van der Waals surface area contributed by atoms with Crippen LogP contribution in [0.3, 0.4) is 0 Å². The highest BCUT2D eigenvalue weighted by molar-refractivity contribution is 6.00. The standard InChI is InChI=1S/C37H51N7O8/c1-21(38-5)32(48)43-31(37(2,3)4)36(52)44-18-26(16-29(44)35(51)42-28(20-46)30(47)22-10-7-6-8-11-22)41-34(50)24-13-9-12-23(14-24)33(49)40-25-15-27(19-45)39-17-25/h6-14,19,21,25-31,38-39,46-47H,15-18,20H2,1-5H3,(H,40,49)(H,41,50)(H,42,51)(H,43,48)/t21-,25-,26-,27?,28+,29?,30-,31?/m0/s1. The smallest absolute Gasteiger partial charge is 0.251 e. The topological polar surface area (TPSA) is 218 Å². The molecule has 282 valence electrons. The number of nitrogens with zero attached hydrogens (tertiary/aromatic N) is 1. The van der Waals surface area contributed by atoms with Gasteiger partial charge in [-0.15, -0.1) is 0 Å². The van der Waals surface area contributed by atoms with Gasteiger partial charge in [-0.3, -0.25) is 24.0 Å². The molecule has 2 aromatic carbocycles. The van der Waals surface area contributed by atoms with Crippen LogP contribution in [-0.4, -0.2) is 120 Å². The van der Waals surface area contributed by atoms with Gasteiger partial charge >= 0.3 is 0 Å². The van der Waals surface area contributed by atoms with Crippen LogP contribution in [0.15, 0.2) is 54.6 Å². The molecule has 2 aliphatic rings. The molecular formula is C37H51N7O8. The minimum Gasteiger partial charge on any atom is -0.394 e. The Morgan fingerprint density at radius 1 is 0.942 bits per heavy atom. The molecule has 15 nitrogen and oxygen atoms in total. The van der Waals surface area contributed by atoms with Crippen LogP contribution < -0.4 is 31.9 Å². The van der Waals surface area contributed by atoms with E-state index in [1.807, 2.05) is 0 Å². The van der Waals surface area contributed by atoms with Crippen LogP contribution in [0.25, 0.3) is 0 Å². The molecular weight excluding hydrogens is 670 g/mol. The van der Waals surface area contributed by atoms with Crippen LogP contribution >= 0.6 is 0 Å². The molecule has 2 aliphatic heterocycles. The molecule has 0 bridgehead atoms. The first-order chi connectivity index (χ1) is 24.7. The van der Waals surface area contributed by atoms with E-state index >= 15 is 0 Å². The number of rotatable bonds is 14. The van der Waals surface area contributed by atoms with Crippen molar-refractivity contribution in [2.75, 3.05) is 26.7 Å². The van der Waals surface area contributed by atoms with Crippen LogP contribution in [0.2, 0.25) is 0 Å². The normalized spacial score (nSPS) is 22.4. The van der Waals surface area contributed by atoms with Gasteiger partial charge < -0.3 is 51.8 Å². The van der Waals surface area contributed by atoms with E-state index in [1.165, 1.54) is 11.0 Å². The fraction of sp³-hybridized carbons (Fsp3) is 0.514. The Hall–Kier alpha value is -4.70. The molecule has 15 heteroatoms. The van der Waals surface area contributed by atoms with Crippen LogP contribution in [0.1, 0.15) is 72.9 Å². The average Bonchev–Trinajstić information content (AvgIpc) is 3.78. The van der Waals surface area contributed by atoms with Crippen LogP contribution in [0.4, 0.5) is 0 Å². The average molecular weight is 722 g/mol. The number of hydrogen-bond acceptors (Lipinski definition) is 10. The molecule has 2 fully saturated rings. The second kappa shape index (κ2) is 17.7. The summed E-state index contributed by atoms with van der Waals surface area (Å²) in [5, 5.41) is 38.2. The van der Waals surface area contributed by atoms with Crippen molar-refractivity contribution in [3.63, 3.8) is 0 Å². The summed E-state index contributed by atoms with van der Waals surface area (Å²) in [4.78, 5) is 80.1. The quantitative estimate of drug-likeness (QED) is 0.116. The molecule has 0 saturated carbocycles. The lowest BCUT2D eigenvalue weighted by molar-refractivity contribution is -0.144. The maximum absolute atomic E-state index is 14.3. The number of aldehydes is 1. The van der Waals surface area contributed by atoms with Crippen molar-refractivity contribution in [1.29, 1.82) is 0 Å². The predicted molar refractivity (Wildman–Crippen MR) is 192 cm³/mol. The molecule has 2 saturated heterocycles. The second-order valence-electron chi connectivity index (χ2n) is 14.5. The van der Waals surface area contributed by atoms with Crippen LogP contribution in [0, 0.1) is 5.41 Å². The summed E-state index contributed by atoms with van der Waals surface area (Å²) >= 11 is 0. The summed E-state index contributed by atoms with van der Waals surface area (Å²) in [5.74, 6) is -2.54. The Kier molecular flexibility index (Phi) is 13.6. The van der Waals surface area contributed by atoms with Gasteiger partial charge in [-0.1, -0.05) is 57.2 Å². The highest BCUT2D eigenvalue weighted by atomic mass is 16.3. The first-order valence-corrected chi connectivity index (χ1v) is 17.5. The first-order valence-electron chi connectivity index (χ1n) is 17.5. The molecule has 8 N–H and O–H groups in total. The third kappa shape index (κ3) is 10.00. The van der Waals surface area contributed by atoms with Crippen molar-refractivity contribution in [1.82, 2.24) is 36.8 Å². The van der Waals surface area contributed by atoms with E-state index in [1.54, 1.807) is 83.3 Å². The summed E-state index contributed by atoms with van der Waals surface area (Å²) < 4.78 is 0. The van der Waals surface area contributed by atoms with Crippen LogP contribution in [-0.2, 0) is 19.2 Å². The Balaban J connectivity index is 1.55. The Labute approximate surface area is 303 Å². The summed E-state index contributed by atoms with van der Waals surface area (Å²) in [7, 11) is 1.62. The fourth-order valence-electron chi connectivity index (χ4n) is 6.35. The number of nitrogens with one attached hydrogen (secondary N) is 6. The van der Waals surface area contributed by atoms with Gasteiger partial charge in [0.2, 0.25) is 17.7 Å². The third-order valence-corrected chi connectivity index (χ3v) is 9.55. The largest absolute Gasteiger partial charge is 0.394 e. The summed E-state index contributed by atoms with van der Waals surface area (Å²) in [6, 6.07) is 9.47. The number of benzene rings is 2. The number of likely N-dealkylation sites (tertiary alicyclic amines) is 1. The van der Waals surface area contributed by atoms with E-state index in [4.69, 9.17) is 0 Å². The van der Waals surface area contributed by atoms with Crippen molar-refractivity contribution in [2.24, 2.45) is 5.41 Å². The summed E-state index contributed by atoms with van der Waals surface area (Å²) in [5.41, 5.74) is 0.125. The SMILES string of the molecule is CN[C@@H](C)C(=O)NC(C(=O)N1C[C@@H](NC(=O)c2cccc(C(=O)N[C@@H]3CNC(C=O)C3)c2)CC1C(=O)N[C@H](CO)[C@@H](O)c1ccccc1)C(C)(C)C. The second-order valence-corrected chi connectivity index (χ2v) is 14.5. The molecule has 0 aliphatic carbocycles. The Morgan fingerprint density at radius 2 is 1.58 bits per heavy atom. The van der Waals surface area contributed by atoms with Crippen molar-refractivity contribution in [3.05, 3.63) is 71.3 Å². The van der Waals surface area contributed by atoms with Gasteiger partial charge in [0.25, 0.3) is 11.8 Å². The van der Waals surface area contributed by atoms with E-state index in [2.05, 4.69) is 31.9 Å². The summed E-state index contributed by atoms with van der Waals surface area (Å²) in [6.45, 7) is 6.78. The maximum Gasteiger partial charge on any atom is 0.251 e. The highest BCUT2D eigenvalue weighted by Crippen LogP contribution is 2.27. The minimum atomic E-state index is -1.25. The lowest BCUT2D eigenvalue weighted by Crippen LogP contribution is -2.60. The molecule has 52 heavy (non-hydrogen) atoms. The monoisotopic (exact) mass is 721 g/mol. The van der Waals surface area contributed by atoms with E-state index < -0.39 is 77.9 Å². The molecule has 0 spiro atoms. The number of aliphatic hydroxyl groups is 2. The lowest BCUT2D eigenvalue weighted by Gasteiger charge is -2.36. The van der Waals surface area contributed by atoms with Gasteiger partial charge in [-0.2, -0.15) is 0 Å². The van der Waals surface area contributed by atoms with Gasteiger partial charge in [0, 0.05) is 36.3 Å². The fourth-order valence-corrected chi connectivity index (χ4v) is 6.35. The van der Waals surface area contributed by atoms with Gasteiger partial charge in [0.05, 0.1) is 24.7 Å². The molecule has 2 heterocycles. The zero-order chi connectivity index (χ0) is 38.2. The Bertz CT molecular complexity index is 1600. The number of likely N-dealkylation sites (N-methyl/N-ethyl adjacent to an activating group) is 1. The van der Waals surface area contributed by atoms with Crippen molar-refractivity contribution in [2.45, 2.75) is 88.9 Å². The number of amides is 5. The van der Waals surface area contributed by atoms with Crippen molar-refractivity contribution in [3.8, 4) is 0 Å². The Morgan fingerprint density at radius 3 is 2.13 bits per heavy atom. The zero-order valence-electron chi connectivity index (χ0n) is 30.2. The molecule has 0 aromatic heterocycles. The third-order valence-electron chi connectivity index (χ3n) is 9.55. The van der Waals surface area contributed by atoms with Gasteiger partial charge in [0.15, 0.2) is 0 Å². The molecule has 4 rings (SSSR count). The predicted octanol–water partition coefficient (Wildman–Crippen LogP) is -0.605. The summed E-state index contributed by atoms with van der Waals surface area (Å²) in [6.07, 6.45) is 0.000351. The minimum absolute atomic E-state index is 0.00657. The lowest BCUT2D eigenvalue weighted by atomic mass is 9.85. The zero-order valence-corrected chi connectivity index (χ0v) is 30.2. The van der Waals surface area contributed by atoms with Crippen molar-refractivity contribution >= 4 is 35.8 Å². The van der Waals surface area contributed by atoms with E-state index in [9.17, 15) is 39.0 Å². The number of hydrogen-bond donors (Lipinski definition) is 8. The van der Waals surface area contributed by atoms with Crippen LogP contribution in [0.5, 0.6) is 0 Å². The molecule has 3 unspecified atom stereocenters. The van der Waals surface area contributed by atoms with Gasteiger partial charge in [0.1, 0.15) is 24.5 Å². The molecule has 5 amide bonds. The van der Waals surface area contributed by atoms with Gasteiger partial charge in [-0.25, -0.2) is 0 Å². The number of aliphatic hydroxyl groups excluding tert-OH is 2. The number of carbonyl (C=O) groups excluding carboxylic acids is 6. The maximum atomic E-state index is 14.3. The highest BCUT2D eigenvalue weighted by Gasteiger charge is 2.46.